The van der Waals surface area contributed by atoms with Crippen LogP contribution in [0.15, 0.2) is 16.8 Å². The average molecular weight is 209 g/mol. The Hall–Kier alpha value is -0.373. The number of aliphatic imine (C=N–C) groups is 1. The van der Waals surface area contributed by atoms with Gasteiger partial charge in [0, 0.05) is 12.3 Å². The molecule has 0 aromatic carbocycles. The van der Waals surface area contributed by atoms with E-state index in [0.717, 1.165) is 6.54 Å². The second-order valence-electron chi connectivity index (χ2n) is 5.22. The van der Waals surface area contributed by atoms with Crippen molar-refractivity contribution in [3.8, 4) is 0 Å². The Morgan fingerprint density at radius 2 is 1.79 bits per heavy atom. The maximum Gasteiger partial charge on any atom is 0.0791 e. The molecule has 1 aliphatic rings. The van der Waals surface area contributed by atoms with Gasteiger partial charge in [-0.1, -0.05) is 39.1 Å². The van der Waals surface area contributed by atoms with E-state index in [2.05, 4.69) is 26.2 Å². The van der Waals surface area contributed by atoms with Gasteiger partial charge in [-0.25, -0.2) is 0 Å². The van der Waals surface area contributed by atoms with Crippen molar-refractivity contribution in [2.75, 3.05) is 6.54 Å². The van der Waals surface area contributed by atoms with Crippen LogP contribution in [0.1, 0.15) is 32.1 Å². The van der Waals surface area contributed by atoms with Crippen molar-refractivity contribution in [2.45, 2.75) is 51.7 Å². The zero-order valence-corrected chi connectivity index (χ0v) is 10.9. The van der Waals surface area contributed by atoms with Crippen LogP contribution in [0.4, 0.5) is 0 Å². The maximum absolute atomic E-state index is 4.70. The largest absolute Gasteiger partial charge is 0.290 e. The average Bonchev–Trinajstić information content (AvgIpc) is 2.00. The number of rotatable bonds is 2. The predicted octanol–water partition coefficient (Wildman–Crippen LogP) is 3.83. The minimum atomic E-state index is -1.21. The fraction of sp³-hybridized carbons (Fsp3) is 0.750. The summed E-state index contributed by atoms with van der Waals surface area (Å²) in [4.78, 5) is 4.70. The van der Waals surface area contributed by atoms with Crippen molar-refractivity contribution in [1.82, 2.24) is 0 Å². The molecule has 1 rings (SSSR count). The summed E-state index contributed by atoms with van der Waals surface area (Å²) >= 11 is 0. The van der Waals surface area contributed by atoms with Crippen LogP contribution in [0.25, 0.3) is 0 Å². The van der Waals surface area contributed by atoms with Gasteiger partial charge >= 0.3 is 0 Å². The van der Waals surface area contributed by atoms with Crippen LogP contribution in [0.5, 0.6) is 0 Å². The van der Waals surface area contributed by atoms with E-state index in [0.29, 0.717) is 0 Å². The summed E-state index contributed by atoms with van der Waals surface area (Å²) in [5.41, 5.74) is 1.34. The molecule has 0 N–H and O–H groups in total. The second kappa shape index (κ2) is 4.92. The molecule has 0 aliphatic carbocycles. The Balaban J connectivity index is 2.69. The molecule has 0 saturated heterocycles. The van der Waals surface area contributed by atoms with Crippen LogP contribution in [0.2, 0.25) is 19.6 Å². The molecule has 0 fully saturated rings. The van der Waals surface area contributed by atoms with Gasteiger partial charge in [-0.05, 0) is 24.5 Å². The highest BCUT2D eigenvalue weighted by Gasteiger charge is 2.21. The summed E-state index contributed by atoms with van der Waals surface area (Å²) in [6, 6.07) is 0. The molecule has 2 heteroatoms. The standard InChI is InChI=1S/C12H23NSi/c1-11(14(2,3)4)12-9-7-5-6-8-10-13-12/h1,5-10H2,2-4H3. The van der Waals surface area contributed by atoms with Gasteiger partial charge in [0.05, 0.1) is 8.07 Å². The molecule has 1 heterocycles. The monoisotopic (exact) mass is 209 g/mol. The maximum atomic E-state index is 4.70. The van der Waals surface area contributed by atoms with Crippen LogP contribution >= 0.6 is 0 Å². The van der Waals surface area contributed by atoms with Gasteiger partial charge in [0.1, 0.15) is 0 Å². The van der Waals surface area contributed by atoms with Crippen LogP contribution in [0, 0.1) is 0 Å². The lowest BCUT2D eigenvalue weighted by atomic mass is 10.1. The summed E-state index contributed by atoms with van der Waals surface area (Å²) < 4.78 is 0. The summed E-state index contributed by atoms with van der Waals surface area (Å²) in [6.45, 7) is 12.4. The van der Waals surface area contributed by atoms with Gasteiger partial charge < -0.3 is 0 Å². The van der Waals surface area contributed by atoms with Gasteiger partial charge in [0.25, 0.3) is 0 Å². The van der Waals surface area contributed by atoms with Gasteiger partial charge in [-0.2, -0.15) is 0 Å². The summed E-state index contributed by atoms with van der Waals surface area (Å²) in [7, 11) is -1.21. The number of hydrogen-bond donors (Lipinski definition) is 0. The van der Waals surface area contributed by atoms with Gasteiger partial charge in [-0.15, -0.1) is 0 Å². The third-order valence-corrected chi connectivity index (χ3v) is 4.98. The van der Waals surface area contributed by atoms with E-state index >= 15 is 0 Å². The fourth-order valence-corrected chi connectivity index (χ4v) is 2.80. The molecular weight excluding hydrogens is 186 g/mol. The topological polar surface area (TPSA) is 12.4 Å². The van der Waals surface area contributed by atoms with Crippen molar-refractivity contribution in [3.05, 3.63) is 11.8 Å². The van der Waals surface area contributed by atoms with Crippen molar-refractivity contribution >= 4 is 13.8 Å². The molecule has 0 bridgehead atoms. The molecule has 0 unspecified atom stereocenters. The minimum absolute atomic E-state index is 1.03. The van der Waals surface area contributed by atoms with Gasteiger partial charge in [0.2, 0.25) is 0 Å². The molecule has 0 saturated carbocycles. The highest BCUT2D eigenvalue weighted by Crippen LogP contribution is 2.19. The quantitative estimate of drug-likeness (QED) is 0.613. The summed E-state index contributed by atoms with van der Waals surface area (Å²) in [5, 5.41) is 1.37. The van der Waals surface area contributed by atoms with E-state index in [4.69, 9.17) is 4.99 Å². The SMILES string of the molecule is C=C(C1=NCCCCCC1)[Si](C)(C)C. The van der Waals surface area contributed by atoms with E-state index < -0.39 is 8.07 Å². The summed E-state index contributed by atoms with van der Waals surface area (Å²) in [5.74, 6) is 0. The van der Waals surface area contributed by atoms with E-state index in [9.17, 15) is 0 Å². The number of hydrogen-bond acceptors (Lipinski definition) is 1. The molecule has 0 aromatic heterocycles. The van der Waals surface area contributed by atoms with Crippen molar-refractivity contribution in [2.24, 2.45) is 4.99 Å². The molecule has 0 aromatic rings. The first-order valence-corrected chi connectivity index (χ1v) is 9.25. The van der Waals surface area contributed by atoms with Crippen molar-refractivity contribution in [3.63, 3.8) is 0 Å². The molecule has 1 aliphatic heterocycles. The lowest BCUT2D eigenvalue weighted by Gasteiger charge is -2.22. The van der Waals surface area contributed by atoms with Crippen LogP contribution in [-0.4, -0.2) is 20.3 Å². The molecule has 14 heavy (non-hydrogen) atoms. The molecule has 0 spiro atoms. The smallest absolute Gasteiger partial charge is 0.0791 e. The van der Waals surface area contributed by atoms with Crippen molar-refractivity contribution < 1.29 is 0 Å². The van der Waals surface area contributed by atoms with E-state index in [1.165, 1.54) is 43.0 Å². The number of nitrogens with zero attached hydrogens (tertiary/aromatic N) is 1. The van der Waals surface area contributed by atoms with Crippen LogP contribution in [0.3, 0.4) is 0 Å². The first kappa shape index (κ1) is 11.7. The number of allylic oxidation sites excluding steroid dienone is 1. The Bertz CT molecular complexity index is 235. The molecular formula is C12H23NSi. The van der Waals surface area contributed by atoms with E-state index in [1.807, 2.05) is 0 Å². The van der Waals surface area contributed by atoms with Crippen molar-refractivity contribution in [1.29, 1.82) is 0 Å². The molecule has 1 nitrogen and oxygen atoms in total. The first-order chi connectivity index (χ1) is 6.52. The Morgan fingerprint density at radius 3 is 2.43 bits per heavy atom. The lowest BCUT2D eigenvalue weighted by molar-refractivity contribution is 0.644. The Labute approximate surface area is 89.3 Å². The lowest BCUT2D eigenvalue weighted by Crippen LogP contribution is -2.29. The third-order valence-electron chi connectivity index (χ3n) is 2.88. The zero-order valence-electron chi connectivity index (χ0n) is 9.90. The highest BCUT2D eigenvalue weighted by atomic mass is 28.3. The third kappa shape index (κ3) is 3.41. The molecule has 80 valence electrons. The van der Waals surface area contributed by atoms with Crippen LogP contribution < -0.4 is 0 Å². The second-order valence-corrected chi connectivity index (χ2v) is 10.3. The minimum Gasteiger partial charge on any atom is -0.290 e. The molecule has 0 atom stereocenters. The molecule has 0 radical (unpaired) electrons. The normalized spacial score (nSPS) is 19.5. The predicted molar refractivity (Wildman–Crippen MR) is 67.9 cm³/mol. The van der Waals surface area contributed by atoms with E-state index in [-0.39, 0.29) is 0 Å². The first-order valence-electron chi connectivity index (χ1n) is 5.75. The molecule has 0 amide bonds. The van der Waals surface area contributed by atoms with E-state index in [1.54, 1.807) is 0 Å². The summed E-state index contributed by atoms with van der Waals surface area (Å²) in [6.07, 6.45) is 6.47. The zero-order chi connectivity index (χ0) is 10.6. The Morgan fingerprint density at radius 1 is 1.14 bits per heavy atom. The van der Waals surface area contributed by atoms with Gasteiger partial charge in [0.15, 0.2) is 0 Å². The Kier molecular flexibility index (Phi) is 4.11. The van der Waals surface area contributed by atoms with Gasteiger partial charge in [-0.3, -0.25) is 4.99 Å². The fourth-order valence-electron chi connectivity index (χ4n) is 1.73. The van der Waals surface area contributed by atoms with Crippen LogP contribution in [-0.2, 0) is 0 Å². The highest BCUT2D eigenvalue weighted by molar-refractivity contribution is 6.87.